The summed E-state index contributed by atoms with van der Waals surface area (Å²) < 4.78 is 0. The van der Waals surface area contributed by atoms with Crippen LogP contribution in [0.1, 0.15) is 157 Å². The molecule has 1 aromatic heterocycles. The molecule has 6 atom stereocenters. The van der Waals surface area contributed by atoms with Gasteiger partial charge in [0.1, 0.15) is 29.9 Å². The van der Waals surface area contributed by atoms with Crippen molar-refractivity contribution >= 4 is 41.1 Å². The van der Waals surface area contributed by atoms with Gasteiger partial charge in [-0.25, -0.2) is 0 Å². The van der Waals surface area contributed by atoms with E-state index in [-0.39, 0.29) is 52.9 Å². The monoisotopic (exact) mass is 761 g/mol. The van der Waals surface area contributed by atoms with Crippen LogP contribution in [0.5, 0.6) is 0 Å². The van der Waals surface area contributed by atoms with Gasteiger partial charge in [0, 0.05) is 17.8 Å². The number of nitrogens with zero attached hydrogens (tertiary/aromatic N) is 2. The first-order valence-corrected chi connectivity index (χ1v) is 20.3. The first kappa shape index (κ1) is 41.6. The third-order valence-electron chi connectivity index (χ3n) is 12.0. The molecule has 0 spiro atoms. The number of H-pyrrole nitrogens is 1. The molecule has 5 amide bonds. The molecule has 55 heavy (non-hydrogen) atoms. The summed E-state index contributed by atoms with van der Waals surface area (Å²) in [6.07, 6.45) is 10.4. The van der Waals surface area contributed by atoms with E-state index in [1.54, 1.807) is 11.8 Å². The number of nitrogens with one attached hydrogen (secondary N) is 5. The first-order chi connectivity index (χ1) is 26.1. The van der Waals surface area contributed by atoms with E-state index >= 15 is 0 Å². The Morgan fingerprint density at radius 3 is 2.16 bits per heavy atom. The second-order valence-electron chi connectivity index (χ2n) is 17.3. The van der Waals surface area contributed by atoms with E-state index in [1.165, 1.54) is 6.92 Å². The SMILES string of the molecule is CCC[C@H](NC(=O)[C@@H]1C[C@@H]2CCCC[C@@H]2N1C(=O)[C@@H](NC(=O)[C@@H](NC(=O)c1[nH]c(C)c(C(C)=O)c1C#N)C1CCCCC1)C(C)(C)C)C(=O)C(=O)NC1CC1. The normalized spacial score (nSPS) is 23.0. The summed E-state index contributed by atoms with van der Waals surface area (Å²) in [4.78, 5) is 100. The Balaban J connectivity index is 1.41. The number of carbonyl (C=O) groups excluding carboxylic acids is 7. The van der Waals surface area contributed by atoms with Crippen molar-refractivity contribution in [2.45, 2.75) is 168 Å². The van der Waals surface area contributed by atoms with Gasteiger partial charge in [-0.2, -0.15) is 5.26 Å². The molecule has 0 radical (unpaired) electrons. The number of rotatable bonds is 14. The summed E-state index contributed by atoms with van der Waals surface area (Å²) in [5.74, 6) is -4.07. The fourth-order valence-corrected chi connectivity index (χ4v) is 8.93. The van der Waals surface area contributed by atoms with Crippen LogP contribution in [0, 0.1) is 35.5 Å². The Bertz CT molecular complexity index is 1710. The van der Waals surface area contributed by atoms with Gasteiger partial charge in [0.25, 0.3) is 11.8 Å². The number of Topliss-reactive ketones (excluding diaryl/α,β-unsaturated/α-hetero) is 2. The lowest BCUT2D eigenvalue weighted by atomic mass is 9.81. The lowest BCUT2D eigenvalue weighted by Crippen LogP contribution is -2.63. The molecular formula is C41H59N7O7. The second kappa shape index (κ2) is 17.5. The number of aryl methyl sites for hydroxylation is 1. The van der Waals surface area contributed by atoms with Crippen LogP contribution in [0.2, 0.25) is 0 Å². The van der Waals surface area contributed by atoms with E-state index in [0.717, 1.165) is 51.4 Å². The summed E-state index contributed by atoms with van der Waals surface area (Å²) >= 11 is 0. The van der Waals surface area contributed by atoms with Crippen LogP contribution >= 0.6 is 0 Å². The van der Waals surface area contributed by atoms with Gasteiger partial charge in [0.15, 0.2) is 5.78 Å². The lowest BCUT2D eigenvalue weighted by molar-refractivity contribution is -0.147. The van der Waals surface area contributed by atoms with Gasteiger partial charge in [-0.3, -0.25) is 33.6 Å². The maximum absolute atomic E-state index is 14.9. The van der Waals surface area contributed by atoms with Gasteiger partial charge in [-0.15, -0.1) is 0 Å². The number of nitriles is 1. The van der Waals surface area contributed by atoms with E-state index in [1.807, 2.05) is 33.8 Å². The number of fused-ring (bicyclic) bond motifs is 1. The Kier molecular flexibility index (Phi) is 13.2. The van der Waals surface area contributed by atoms with Crippen molar-refractivity contribution in [3.63, 3.8) is 0 Å². The smallest absolute Gasteiger partial charge is 0.289 e. The minimum atomic E-state index is -1.08. The van der Waals surface area contributed by atoms with Crippen molar-refractivity contribution in [2.75, 3.05) is 0 Å². The molecule has 2 heterocycles. The van der Waals surface area contributed by atoms with Crippen molar-refractivity contribution in [3.8, 4) is 6.07 Å². The standard InChI is InChI=1S/C41H59N7O7/c1-7-13-28(34(50)39(54)44-26-18-19-26)45-36(51)30-20-25-16-11-12-17-29(25)48(30)40(55)35(41(4,5)6)47-37(52)32(24-14-9-8-10-15-24)46-38(53)33-27(21-42)31(23(3)49)22(2)43-33/h24-26,28-30,32,35,43H,7-20H2,1-6H3,(H,44,54)(H,45,51)(H,46,53)(H,47,52)/t25-,28-,29-,30-,32-,35+/m0/s1. The zero-order valence-corrected chi connectivity index (χ0v) is 33.3. The zero-order valence-electron chi connectivity index (χ0n) is 33.3. The molecule has 300 valence electrons. The number of hydrogen-bond acceptors (Lipinski definition) is 8. The van der Waals surface area contributed by atoms with Gasteiger partial charge >= 0.3 is 0 Å². The minimum Gasteiger partial charge on any atom is -0.353 e. The Hall–Kier alpha value is -4.54. The molecule has 3 saturated carbocycles. The predicted molar refractivity (Wildman–Crippen MR) is 203 cm³/mol. The van der Waals surface area contributed by atoms with Crippen molar-refractivity contribution in [1.82, 2.24) is 31.2 Å². The highest BCUT2D eigenvalue weighted by Crippen LogP contribution is 2.41. The molecule has 14 nitrogen and oxygen atoms in total. The van der Waals surface area contributed by atoms with Crippen molar-refractivity contribution in [2.24, 2.45) is 17.3 Å². The Morgan fingerprint density at radius 2 is 1.56 bits per heavy atom. The third-order valence-corrected chi connectivity index (χ3v) is 12.0. The fourth-order valence-electron chi connectivity index (χ4n) is 8.93. The average Bonchev–Trinajstić information content (AvgIpc) is 3.77. The maximum Gasteiger partial charge on any atom is 0.289 e. The quantitative estimate of drug-likeness (QED) is 0.138. The van der Waals surface area contributed by atoms with Gasteiger partial charge in [0.05, 0.1) is 17.2 Å². The molecule has 1 aromatic rings. The highest BCUT2D eigenvalue weighted by atomic mass is 16.2. The molecule has 0 bridgehead atoms. The summed E-state index contributed by atoms with van der Waals surface area (Å²) in [6, 6.07) is -2.31. The molecule has 0 unspecified atom stereocenters. The fraction of sp³-hybridized carbons (Fsp3) is 0.707. The first-order valence-electron chi connectivity index (χ1n) is 20.3. The minimum absolute atomic E-state index is 0.0108. The van der Waals surface area contributed by atoms with Crippen LogP contribution in [0.15, 0.2) is 0 Å². The van der Waals surface area contributed by atoms with E-state index in [9.17, 15) is 38.8 Å². The molecule has 1 saturated heterocycles. The van der Waals surface area contributed by atoms with Gasteiger partial charge in [-0.1, -0.05) is 66.2 Å². The molecule has 3 aliphatic carbocycles. The van der Waals surface area contributed by atoms with Crippen molar-refractivity contribution < 1.29 is 33.6 Å². The molecule has 0 aromatic carbocycles. The van der Waals surface area contributed by atoms with Gasteiger partial charge in [-0.05, 0) is 82.5 Å². The molecule has 5 rings (SSSR count). The lowest BCUT2D eigenvalue weighted by Gasteiger charge is -2.40. The van der Waals surface area contributed by atoms with E-state index in [4.69, 9.17) is 0 Å². The van der Waals surface area contributed by atoms with Gasteiger partial charge < -0.3 is 31.2 Å². The molecule has 1 aliphatic heterocycles. The summed E-state index contributed by atoms with van der Waals surface area (Å²) in [7, 11) is 0. The van der Waals surface area contributed by atoms with Crippen LogP contribution in [-0.2, 0) is 24.0 Å². The third kappa shape index (κ3) is 9.47. The van der Waals surface area contributed by atoms with Crippen LogP contribution in [0.3, 0.4) is 0 Å². The van der Waals surface area contributed by atoms with Crippen LogP contribution in [0.25, 0.3) is 0 Å². The number of likely N-dealkylation sites (tertiary alicyclic amines) is 1. The highest BCUT2D eigenvalue weighted by Gasteiger charge is 2.51. The highest BCUT2D eigenvalue weighted by molar-refractivity contribution is 6.38. The summed E-state index contributed by atoms with van der Waals surface area (Å²) in [5, 5.41) is 21.3. The second-order valence-corrected chi connectivity index (χ2v) is 17.3. The van der Waals surface area contributed by atoms with E-state index < -0.39 is 64.9 Å². The van der Waals surface area contributed by atoms with Crippen LogP contribution < -0.4 is 21.3 Å². The Labute approximate surface area is 324 Å². The van der Waals surface area contributed by atoms with Crippen LogP contribution in [-0.4, -0.2) is 87.2 Å². The topological polar surface area (TPSA) is 210 Å². The molecule has 4 aliphatic rings. The number of ketones is 2. The number of aromatic amines is 1. The number of carbonyl (C=O) groups is 7. The average molecular weight is 762 g/mol. The van der Waals surface area contributed by atoms with E-state index in [0.29, 0.717) is 37.8 Å². The van der Waals surface area contributed by atoms with E-state index in [2.05, 4.69) is 26.3 Å². The molecule has 5 N–H and O–H groups in total. The summed E-state index contributed by atoms with van der Waals surface area (Å²) in [6.45, 7) is 10.3. The van der Waals surface area contributed by atoms with Gasteiger partial charge in [0.2, 0.25) is 23.5 Å². The molecule has 4 fully saturated rings. The largest absolute Gasteiger partial charge is 0.353 e. The number of aromatic nitrogens is 1. The predicted octanol–water partition coefficient (Wildman–Crippen LogP) is 3.90. The zero-order chi connectivity index (χ0) is 40.2. The maximum atomic E-state index is 14.9. The molecule has 14 heteroatoms. The molecular weight excluding hydrogens is 702 g/mol. The summed E-state index contributed by atoms with van der Waals surface area (Å²) in [5.41, 5.74) is -0.490. The van der Waals surface area contributed by atoms with Crippen molar-refractivity contribution in [3.05, 3.63) is 22.5 Å². The Morgan fingerprint density at radius 1 is 0.909 bits per heavy atom. The van der Waals surface area contributed by atoms with Crippen LogP contribution in [0.4, 0.5) is 0 Å². The number of hydrogen-bond donors (Lipinski definition) is 5. The number of amides is 5. The van der Waals surface area contributed by atoms with Crippen molar-refractivity contribution in [1.29, 1.82) is 5.26 Å².